The average Bonchev–Trinajstić information content (AvgIpc) is 2.36. The molecular weight excluding hydrogens is 316 g/mol. The molecule has 0 spiro atoms. The van der Waals surface area contributed by atoms with E-state index in [4.69, 9.17) is 5.73 Å². The second-order valence-corrected chi connectivity index (χ2v) is 5.77. The SMILES string of the molecule is NCc1ccc(S(=O)(=O)NCCOCC(F)(F)F)c(F)c1. The fraction of sp³-hybridized carbons (Fsp3) is 0.455. The van der Waals surface area contributed by atoms with Crippen molar-refractivity contribution < 1.29 is 30.7 Å². The van der Waals surface area contributed by atoms with Crippen molar-refractivity contribution in [1.82, 2.24) is 4.72 Å². The summed E-state index contributed by atoms with van der Waals surface area (Å²) in [6, 6.07) is 3.36. The number of hydrogen-bond acceptors (Lipinski definition) is 4. The highest BCUT2D eigenvalue weighted by Crippen LogP contribution is 2.16. The van der Waals surface area contributed by atoms with E-state index in [9.17, 15) is 26.0 Å². The molecule has 3 N–H and O–H groups in total. The molecule has 0 aliphatic heterocycles. The fourth-order valence-electron chi connectivity index (χ4n) is 1.40. The van der Waals surface area contributed by atoms with Crippen LogP contribution in [0.4, 0.5) is 17.6 Å². The highest BCUT2D eigenvalue weighted by atomic mass is 32.2. The largest absolute Gasteiger partial charge is 0.411 e. The van der Waals surface area contributed by atoms with Gasteiger partial charge in [0.25, 0.3) is 0 Å². The summed E-state index contributed by atoms with van der Waals surface area (Å²) in [5.41, 5.74) is 5.70. The molecular formula is C11H14F4N2O3S. The van der Waals surface area contributed by atoms with E-state index < -0.39 is 46.7 Å². The van der Waals surface area contributed by atoms with Gasteiger partial charge in [-0.2, -0.15) is 13.2 Å². The molecule has 0 amide bonds. The Hall–Kier alpha value is -1.23. The lowest BCUT2D eigenvalue weighted by atomic mass is 10.2. The van der Waals surface area contributed by atoms with E-state index in [1.807, 2.05) is 4.72 Å². The number of ether oxygens (including phenoxy) is 1. The van der Waals surface area contributed by atoms with Crippen molar-refractivity contribution in [2.45, 2.75) is 17.6 Å². The zero-order valence-corrected chi connectivity index (χ0v) is 11.6. The van der Waals surface area contributed by atoms with Gasteiger partial charge in [0.15, 0.2) is 0 Å². The zero-order valence-electron chi connectivity index (χ0n) is 10.8. The van der Waals surface area contributed by atoms with Crippen LogP contribution in [0.15, 0.2) is 23.1 Å². The van der Waals surface area contributed by atoms with Gasteiger partial charge in [-0.1, -0.05) is 6.07 Å². The summed E-state index contributed by atoms with van der Waals surface area (Å²) in [5, 5.41) is 0. The molecule has 0 heterocycles. The number of halogens is 4. The molecule has 1 aromatic rings. The van der Waals surface area contributed by atoms with E-state index in [0.29, 0.717) is 5.56 Å². The molecule has 0 saturated carbocycles. The topological polar surface area (TPSA) is 81.4 Å². The average molecular weight is 330 g/mol. The Morgan fingerprint density at radius 2 is 1.95 bits per heavy atom. The van der Waals surface area contributed by atoms with Gasteiger partial charge in [-0.3, -0.25) is 0 Å². The Morgan fingerprint density at radius 3 is 2.48 bits per heavy atom. The van der Waals surface area contributed by atoms with Crippen LogP contribution in [0.3, 0.4) is 0 Å². The number of nitrogens with two attached hydrogens (primary N) is 1. The lowest BCUT2D eigenvalue weighted by molar-refractivity contribution is -0.173. The van der Waals surface area contributed by atoms with Crippen LogP contribution in [-0.2, 0) is 21.3 Å². The second-order valence-electron chi connectivity index (χ2n) is 4.03. The van der Waals surface area contributed by atoms with Gasteiger partial charge >= 0.3 is 6.18 Å². The molecule has 1 aromatic carbocycles. The number of rotatable bonds is 7. The normalized spacial score (nSPS) is 12.6. The minimum Gasteiger partial charge on any atom is -0.371 e. The van der Waals surface area contributed by atoms with E-state index in [0.717, 1.165) is 12.1 Å². The predicted octanol–water partition coefficient (Wildman–Crippen LogP) is 1.14. The first-order chi connectivity index (χ1) is 9.65. The standard InChI is InChI=1S/C11H14F4N2O3S/c12-9-5-8(6-16)1-2-10(9)21(18,19)17-3-4-20-7-11(13,14)15/h1-2,5,17H,3-4,6-7,16H2. The van der Waals surface area contributed by atoms with Crippen LogP contribution in [0.2, 0.25) is 0 Å². The summed E-state index contributed by atoms with van der Waals surface area (Å²) in [6.45, 7) is -2.32. The molecule has 0 bridgehead atoms. The maximum atomic E-state index is 13.6. The number of sulfonamides is 1. The molecule has 21 heavy (non-hydrogen) atoms. The van der Waals surface area contributed by atoms with Gasteiger partial charge in [0.05, 0.1) is 6.61 Å². The summed E-state index contributed by atoms with van der Waals surface area (Å²) in [5.74, 6) is -0.985. The lowest BCUT2D eigenvalue weighted by Crippen LogP contribution is -2.29. The third-order valence-corrected chi connectivity index (χ3v) is 3.82. The molecule has 0 unspecified atom stereocenters. The Bertz CT molecular complexity index is 575. The van der Waals surface area contributed by atoms with Crippen LogP contribution in [0.1, 0.15) is 5.56 Å². The first-order valence-electron chi connectivity index (χ1n) is 5.78. The fourth-order valence-corrected chi connectivity index (χ4v) is 2.47. The van der Waals surface area contributed by atoms with Crippen molar-refractivity contribution >= 4 is 10.0 Å². The summed E-state index contributed by atoms with van der Waals surface area (Å²) in [4.78, 5) is -0.601. The summed E-state index contributed by atoms with van der Waals surface area (Å²) < 4.78 is 78.6. The summed E-state index contributed by atoms with van der Waals surface area (Å²) >= 11 is 0. The van der Waals surface area contributed by atoms with Crippen LogP contribution < -0.4 is 10.5 Å². The van der Waals surface area contributed by atoms with E-state index in [1.54, 1.807) is 0 Å². The smallest absolute Gasteiger partial charge is 0.371 e. The Kier molecular flexibility index (Phi) is 6.08. The molecule has 1 rings (SSSR count). The van der Waals surface area contributed by atoms with Gasteiger partial charge in [-0.15, -0.1) is 0 Å². The molecule has 0 fully saturated rings. The van der Waals surface area contributed by atoms with Crippen molar-refractivity contribution in [3.8, 4) is 0 Å². The molecule has 5 nitrogen and oxygen atoms in total. The summed E-state index contributed by atoms with van der Waals surface area (Å²) in [7, 11) is -4.16. The molecule has 0 aliphatic carbocycles. The van der Waals surface area contributed by atoms with Gasteiger partial charge in [0, 0.05) is 13.1 Å². The van der Waals surface area contributed by atoms with Gasteiger partial charge in [-0.25, -0.2) is 17.5 Å². The van der Waals surface area contributed by atoms with Gasteiger partial charge in [0.2, 0.25) is 10.0 Å². The Balaban J connectivity index is 2.58. The van der Waals surface area contributed by atoms with Crippen molar-refractivity contribution in [3.05, 3.63) is 29.6 Å². The quantitative estimate of drug-likeness (QED) is 0.580. The monoisotopic (exact) mass is 330 g/mol. The van der Waals surface area contributed by atoms with E-state index in [2.05, 4.69) is 4.74 Å². The van der Waals surface area contributed by atoms with Gasteiger partial charge < -0.3 is 10.5 Å². The lowest BCUT2D eigenvalue weighted by Gasteiger charge is -2.10. The number of nitrogens with one attached hydrogen (secondary N) is 1. The number of hydrogen-bond donors (Lipinski definition) is 2. The molecule has 0 aliphatic rings. The van der Waals surface area contributed by atoms with Crippen molar-refractivity contribution in [3.63, 3.8) is 0 Å². The first-order valence-corrected chi connectivity index (χ1v) is 7.26. The highest BCUT2D eigenvalue weighted by Gasteiger charge is 2.27. The van der Waals surface area contributed by atoms with Crippen molar-refractivity contribution in [2.24, 2.45) is 5.73 Å². The summed E-state index contributed by atoms with van der Waals surface area (Å²) in [6.07, 6.45) is -4.48. The number of benzene rings is 1. The van der Waals surface area contributed by atoms with Crippen LogP contribution in [-0.4, -0.2) is 34.4 Å². The highest BCUT2D eigenvalue weighted by molar-refractivity contribution is 7.89. The minimum atomic E-state index is -4.48. The van der Waals surface area contributed by atoms with Crippen LogP contribution in [0, 0.1) is 5.82 Å². The Labute approximate surface area is 119 Å². The molecule has 0 radical (unpaired) electrons. The maximum Gasteiger partial charge on any atom is 0.411 e. The van der Waals surface area contributed by atoms with Crippen LogP contribution in [0.5, 0.6) is 0 Å². The van der Waals surface area contributed by atoms with Crippen molar-refractivity contribution in [2.75, 3.05) is 19.8 Å². The molecule has 10 heteroatoms. The molecule has 0 saturated heterocycles. The third-order valence-electron chi connectivity index (χ3n) is 2.33. The van der Waals surface area contributed by atoms with E-state index >= 15 is 0 Å². The molecule has 0 aromatic heterocycles. The van der Waals surface area contributed by atoms with Crippen LogP contribution >= 0.6 is 0 Å². The van der Waals surface area contributed by atoms with Crippen LogP contribution in [0.25, 0.3) is 0 Å². The number of alkyl halides is 3. The van der Waals surface area contributed by atoms with Crippen molar-refractivity contribution in [1.29, 1.82) is 0 Å². The molecule has 120 valence electrons. The minimum absolute atomic E-state index is 0.0515. The third kappa shape index (κ3) is 5.96. The Morgan fingerprint density at radius 1 is 1.29 bits per heavy atom. The van der Waals surface area contributed by atoms with Gasteiger partial charge in [-0.05, 0) is 17.7 Å². The first kappa shape index (κ1) is 17.8. The molecule has 0 atom stereocenters. The van der Waals surface area contributed by atoms with E-state index in [1.165, 1.54) is 6.07 Å². The van der Waals surface area contributed by atoms with Gasteiger partial charge in [0.1, 0.15) is 17.3 Å². The second kappa shape index (κ2) is 7.16. The van der Waals surface area contributed by atoms with E-state index in [-0.39, 0.29) is 6.54 Å². The zero-order chi connectivity index (χ0) is 16.1. The maximum absolute atomic E-state index is 13.6. The predicted molar refractivity (Wildman–Crippen MR) is 66.4 cm³/mol.